The van der Waals surface area contributed by atoms with Gasteiger partial charge in [0, 0.05) is 12.2 Å². The molecule has 0 aromatic carbocycles. The summed E-state index contributed by atoms with van der Waals surface area (Å²) in [6.45, 7) is 3.96. The van der Waals surface area contributed by atoms with Crippen LogP contribution >= 0.6 is 0 Å². The number of nitriles is 1. The average molecular weight is 234 g/mol. The molecule has 0 fully saturated rings. The van der Waals surface area contributed by atoms with Crippen LogP contribution in [0.25, 0.3) is 0 Å². The molecule has 1 N–H and O–H groups in total. The Balaban J connectivity index is 3.07. The van der Waals surface area contributed by atoms with E-state index in [0.717, 1.165) is 12.8 Å². The minimum atomic E-state index is -0.577. The van der Waals surface area contributed by atoms with Gasteiger partial charge < -0.3 is 5.32 Å². The lowest BCUT2D eigenvalue weighted by molar-refractivity contribution is -0.384. The second kappa shape index (κ2) is 5.80. The van der Waals surface area contributed by atoms with E-state index in [-0.39, 0.29) is 23.1 Å². The molecule has 0 spiro atoms. The highest BCUT2D eigenvalue weighted by Crippen LogP contribution is 2.26. The van der Waals surface area contributed by atoms with Crippen molar-refractivity contribution in [1.29, 1.82) is 5.26 Å². The lowest BCUT2D eigenvalue weighted by Crippen LogP contribution is -2.17. The van der Waals surface area contributed by atoms with E-state index in [2.05, 4.69) is 10.3 Å². The minimum absolute atomic E-state index is 0.0243. The number of aromatic nitrogens is 1. The van der Waals surface area contributed by atoms with Gasteiger partial charge in [0.2, 0.25) is 5.82 Å². The highest BCUT2D eigenvalue weighted by Gasteiger charge is 2.21. The van der Waals surface area contributed by atoms with E-state index in [1.165, 1.54) is 12.3 Å². The van der Waals surface area contributed by atoms with Gasteiger partial charge in [-0.15, -0.1) is 0 Å². The summed E-state index contributed by atoms with van der Waals surface area (Å²) >= 11 is 0. The largest absolute Gasteiger partial charge is 0.362 e. The van der Waals surface area contributed by atoms with Gasteiger partial charge in [0.25, 0.3) is 0 Å². The Bertz CT molecular complexity index is 453. The van der Waals surface area contributed by atoms with Crippen molar-refractivity contribution in [3.8, 4) is 6.07 Å². The molecule has 0 aliphatic carbocycles. The molecule has 6 nitrogen and oxygen atoms in total. The molecule has 0 aliphatic heterocycles. The zero-order valence-electron chi connectivity index (χ0n) is 9.80. The SMILES string of the molecule is CCCC(C)Nc1nccc(C#N)c1[N+](=O)[O-]. The van der Waals surface area contributed by atoms with Crippen molar-refractivity contribution < 1.29 is 4.92 Å². The Morgan fingerprint density at radius 2 is 2.41 bits per heavy atom. The quantitative estimate of drug-likeness (QED) is 0.624. The van der Waals surface area contributed by atoms with E-state index in [0.29, 0.717) is 0 Å². The third-order valence-electron chi connectivity index (χ3n) is 2.33. The van der Waals surface area contributed by atoms with Crippen LogP contribution in [-0.4, -0.2) is 15.9 Å². The Morgan fingerprint density at radius 3 is 2.94 bits per heavy atom. The van der Waals surface area contributed by atoms with E-state index in [1.807, 2.05) is 13.8 Å². The summed E-state index contributed by atoms with van der Waals surface area (Å²) < 4.78 is 0. The maximum absolute atomic E-state index is 10.9. The van der Waals surface area contributed by atoms with Crippen LogP contribution in [0.2, 0.25) is 0 Å². The van der Waals surface area contributed by atoms with E-state index in [4.69, 9.17) is 5.26 Å². The molecule has 0 radical (unpaired) electrons. The van der Waals surface area contributed by atoms with Gasteiger partial charge in [-0.1, -0.05) is 13.3 Å². The molecular formula is C11H14N4O2. The van der Waals surface area contributed by atoms with Crippen LogP contribution in [0.15, 0.2) is 12.3 Å². The Hall–Kier alpha value is -2.16. The van der Waals surface area contributed by atoms with E-state index < -0.39 is 4.92 Å². The standard InChI is InChI=1S/C11H14N4O2/c1-3-4-8(2)14-11-10(15(16)17)9(7-12)5-6-13-11/h5-6,8H,3-4H2,1-2H3,(H,13,14). The molecule has 0 saturated carbocycles. The molecule has 0 amide bonds. The van der Waals surface area contributed by atoms with Crippen LogP contribution in [0, 0.1) is 21.4 Å². The summed E-state index contributed by atoms with van der Waals surface area (Å²) in [5, 5.41) is 22.7. The van der Waals surface area contributed by atoms with E-state index >= 15 is 0 Å². The number of rotatable bonds is 5. The van der Waals surface area contributed by atoms with Crippen molar-refractivity contribution in [3.63, 3.8) is 0 Å². The molecule has 1 aromatic heterocycles. The Labute approximate surface area is 99.4 Å². The van der Waals surface area contributed by atoms with Gasteiger partial charge in [-0.25, -0.2) is 4.98 Å². The zero-order chi connectivity index (χ0) is 12.8. The maximum atomic E-state index is 10.9. The predicted octanol–water partition coefficient (Wildman–Crippen LogP) is 2.46. The molecule has 1 atom stereocenters. The van der Waals surface area contributed by atoms with E-state index in [1.54, 1.807) is 6.07 Å². The average Bonchev–Trinajstić information content (AvgIpc) is 2.28. The number of nitro groups is 1. The van der Waals surface area contributed by atoms with Crippen LogP contribution in [0.3, 0.4) is 0 Å². The molecular weight excluding hydrogens is 220 g/mol. The maximum Gasteiger partial charge on any atom is 0.328 e. The van der Waals surface area contributed by atoms with Gasteiger partial charge in [-0.2, -0.15) is 5.26 Å². The lowest BCUT2D eigenvalue weighted by atomic mass is 10.2. The molecule has 1 unspecified atom stereocenters. The fraction of sp³-hybridized carbons (Fsp3) is 0.455. The van der Waals surface area contributed by atoms with Crippen LogP contribution < -0.4 is 5.32 Å². The summed E-state index contributed by atoms with van der Waals surface area (Å²) in [6, 6.07) is 3.23. The Morgan fingerprint density at radius 1 is 1.71 bits per heavy atom. The Kier molecular flexibility index (Phi) is 4.40. The molecule has 0 bridgehead atoms. The van der Waals surface area contributed by atoms with Gasteiger partial charge in [-0.05, 0) is 19.4 Å². The molecule has 17 heavy (non-hydrogen) atoms. The third kappa shape index (κ3) is 3.14. The number of pyridine rings is 1. The zero-order valence-corrected chi connectivity index (χ0v) is 9.80. The second-order valence-electron chi connectivity index (χ2n) is 3.76. The van der Waals surface area contributed by atoms with Crippen LogP contribution in [0.4, 0.5) is 11.5 Å². The highest BCUT2D eigenvalue weighted by molar-refractivity contribution is 5.64. The van der Waals surface area contributed by atoms with Crippen LogP contribution in [-0.2, 0) is 0 Å². The molecule has 0 aliphatic rings. The van der Waals surface area contributed by atoms with Gasteiger partial charge in [0.15, 0.2) is 0 Å². The molecule has 6 heteroatoms. The molecule has 1 heterocycles. The van der Waals surface area contributed by atoms with Crippen LogP contribution in [0.1, 0.15) is 32.3 Å². The number of nitrogens with one attached hydrogen (secondary N) is 1. The fourth-order valence-electron chi connectivity index (χ4n) is 1.57. The van der Waals surface area contributed by atoms with Gasteiger partial charge in [0.05, 0.1) is 4.92 Å². The number of anilines is 1. The van der Waals surface area contributed by atoms with Crippen molar-refractivity contribution in [2.24, 2.45) is 0 Å². The fourth-order valence-corrected chi connectivity index (χ4v) is 1.57. The topological polar surface area (TPSA) is 91.8 Å². The molecule has 90 valence electrons. The van der Waals surface area contributed by atoms with Gasteiger partial charge in [0.1, 0.15) is 11.6 Å². The van der Waals surface area contributed by atoms with Crippen molar-refractivity contribution in [2.45, 2.75) is 32.7 Å². The molecule has 1 rings (SSSR count). The first-order valence-electron chi connectivity index (χ1n) is 5.40. The first-order valence-corrected chi connectivity index (χ1v) is 5.40. The molecule has 1 aromatic rings. The number of hydrogen-bond acceptors (Lipinski definition) is 5. The normalized spacial score (nSPS) is 11.6. The van der Waals surface area contributed by atoms with Crippen molar-refractivity contribution in [3.05, 3.63) is 27.9 Å². The summed E-state index contributed by atoms with van der Waals surface area (Å²) in [5.74, 6) is 0.162. The van der Waals surface area contributed by atoms with Crippen molar-refractivity contribution in [2.75, 3.05) is 5.32 Å². The molecule has 0 saturated heterocycles. The predicted molar refractivity (Wildman–Crippen MR) is 63.6 cm³/mol. The summed E-state index contributed by atoms with van der Waals surface area (Å²) in [6.07, 6.45) is 3.25. The second-order valence-corrected chi connectivity index (χ2v) is 3.76. The number of nitrogens with zero attached hydrogens (tertiary/aromatic N) is 3. The third-order valence-corrected chi connectivity index (χ3v) is 2.33. The van der Waals surface area contributed by atoms with Gasteiger partial charge >= 0.3 is 5.69 Å². The van der Waals surface area contributed by atoms with Crippen molar-refractivity contribution in [1.82, 2.24) is 4.98 Å². The van der Waals surface area contributed by atoms with Crippen LogP contribution in [0.5, 0.6) is 0 Å². The first kappa shape index (κ1) is 12.9. The highest BCUT2D eigenvalue weighted by atomic mass is 16.6. The lowest BCUT2D eigenvalue weighted by Gasteiger charge is -2.13. The number of hydrogen-bond donors (Lipinski definition) is 1. The summed E-state index contributed by atoms with van der Waals surface area (Å²) in [7, 11) is 0. The minimum Gasteiger partial charge on any atom is -0.362 e. The smallest absolute Gasteiger partial charge is 0.328 e. The monoisotopic (exact) mass is 234 g/mol. The van der Waals surface area contributed by atoms with Crippen molar-refractivity contribution >= 4 is 11.5 Å². The van der Waals surface area contributed by atoms with E-state index in [9.17, 15) is 10.1 Å². The first-order chi connectivity index (χ1) is 8.10. The summed E-state index contributed by atoms with van der Waals surface area (Å²) in [5.41, 5.74) is -0.228. The van der Waals surface area contributed by atoms with Gasteiger partial charge in [-0.3, -0.25) is 10.1 Å². The summed E-state index contributed by atoms with van der Waals surface area (Å²) in [4.78, 5) is 14.3.